The molecular weight excluding hydrogens is 288 g/mol. The van der Waals surface area contributed by atoms with Gasteiger partial charge < -0.3 is 14.7 Å². The van der Waals surface area contributed by atoms with E-state index in [1.54, 1.807) is 11.9 Å². The Morgan fingerprint density at radius 3 is 2.86 bits per heavy atom. The number of carboxylic acid groups (broad SMARTS) is 1. The average molecular weight is 312 g/mol. The molecule has 1 aliphatic rings. The van der Waals surface area contributed by atoms with Gasteiger partial charge in [-0.2, -0.15) is 4.98 Å². The maximum atomic E-state index is 10.8. The number of aliphatic hydroxyl groups is 1. The van der Waals surface area contributed by atoms with Crippen LogP contribution in [0.5, 0.6) is 0 Å². The number of hydrogen-bond acceptors (Lipinski definition) is 7. The Bertz CT molecular complexity index is 505. The molecule has 124 valence electrons. The van der Waals surface area contributed by atoms with Gasteiger partial charge in [-0.15, -0.1) is 0 Å². The Balaban J connectivity index is 1.89. The molecule has 0 spiro atoms. The van der Waals surface area contributed by atoms with Crippen molar-refractivity contribution >= 4 is 5.97 Å². The molecule has 2 heterocycles. The lowest BCUT2D eigenvalue weighted by atomic mass is 10.1. The van der Waals surface area contributed by atoms with Crippen LogP contribution in [0.1, 0.15) is 25.6 Å². The standard InChI is InChI=1S/C14H24N4O4/c1-9(2)4-12-15-13(22-16-12)7-18-5-10(11(19)6-18)17(3)8-14(20)21/h9-11,19H,4-8H2,1-3H3,(H,20,21)/t10-,11-/m1/s1. The molecule has 1 aromatic rings. The van der Waals surface area contributed by atoms with Gasteiger partial charge in [-0.3, -0.25) is 14.6 Å². The van der Waals surface area contributed by atoms with Crippen LogP contribution in [0, 0.1) is 5.92 Å². The first kappa shape index (κ1) is 16.9. The van der Waals surface area contributed by atoms with Crippen molar-refractivity contribution in [2.24, 2.45) is 5.92 Å². The van der Waals surface area contributed by atoms with Crippen molar-refractivity contribution in [2.45, 2.75) is 39.0 Å². The Hall–Kier alpha value is -1.51. The minimum Gasteiger partial charge on any atom is -0.480 e. The smallest absolute Gasteiger partial charge is 0.317 e. The summed E-state index contributed by atoms with van der Waals surface area (Å²) >= 11 is 0. The molecule has 0 unspecified atom stereocenters. The van der Waals surface area contributed by atoms with Gasteiger partial charge >= 0.3 is 5.97 Å². The molecule has 0 radical (unpaired) electrons. The third kappa shape index (κ3) is 4.49. The number of aliphatic carboxylic acids is 1. The van der Waals surface area contributed by atoms with Crippen LogP contribution in [0.4, 0.5) is 0 Å². The average Bonchev–Trinajstić information content (AvgIpc) is 2.95. The van der Waals surface area contributed by atoms with Crippen molar-refractivity contribution < 1.29 is 19.5 Å². The van der Waals surface area contributed by atoms with Crippen molar-refractivity contribution in [3.05, 3.63) is 11.7 Å². The van der Waals surface area contributed by atoms with Crippen LogP contribution in [0.25, 0.3) is 0 Å². The molecule has 1 fully saturated rings. The SMILES string of the molecule is CC(C)Cc1noc(CN2C[C@@H](O)[C@H](N(C)CC(=O)O)C2)n1. The molecule has 8 heteroatoms. The predicted octanol–water partition coefficient (Wildman–Crippen LogP) is -0.170. The van der Waals surface area contributed by atoms with Gasteiger partial charge in [0.1, 0.15) is 0 Å². The molecule has 0 amide bonds. The highest BCUT2D eigenvalue weighted by molar-refractivity contribution is 5.69. The first-order chi connectivity index (χ1) is 10.3. The molecule has 0 aromatic carbocycles. The summed E-state index contributed by atoms with van der Waals surface area (Å²) in [7, 11) is 1.71. The molecule has 1 aliphatic heterocycles. The van der Waals surface area contributed by atoms with Crippen molar-refractivity contribution in [2.75, 3.05) is 26.7 Å². The fourth-order valence-corrected chi connectivity index (χ4v) is 2.73. The van der Waals surface area contributed by atoms with Crippen LogP contribution >= 0.6 is 0 Å². The van der Waals surface area contributed by atoms with E-state index in [-0.39, 0.29) is 12.6 Å². The van der Waals surface area contributed by atoms with Crippen LogP contribution in [0.3, 0.4) is 0 Å². The number of rotatable bonds is 7. The zero-order chi connectivity index (χ0) is 16.3. The van der Waals surface area contributed by atoms with Crippen LogP contribution in [-0.4, -0.2) is 75.0 Å². The van der Waals surface area contributed by atoms with E-state index in [1.807, 2.05) is 4.90 Å². The van der Waals surface area contributed by atoms with Crippen LogP contribution in [-0.2, 0) is 17.8 Å². The van der Waals surface area contributed by atoms with E-state index >= 15 is 0 Å². The van der Waals surface area contributed by atoms with E-state index in [0.29, 0.717) is 37.3 Å². The minimum atomic E-state index is -0.900. The number of aliphatic hydroxyl groups excluding tert-OH is 1. The summed E-state index contributed by atoms with van der Waals surface area (Å²) < 4.78 is 5.23. The van der Waals surface area contributed by atoms with Crippen molar-refractivity contribution in [1.29, 1.82) is 0 Å². The number of likely N-dealkylation sites (N-methyl/N-ethyl adjacent to an activating group) is 1. The molecule has 0 saturated carbocycles. The first-order valence-electron chi connectivity index (χ1n) is 7.49. The lowest BCUT2D eigenvalue weighted by molar-refractivity contribution is -0.138. The second kappa shape index (κ2) is 7.17. The second-order valence-electron chi connectivity index (χ2n) is 6.34. The van der Waals surface area contributed by atoms with E-state index in [9.17, 15) is 9.90 Å². The van der Waals surface area contributed by atoms with E-state index in [0.717, 1.165) is 6.42 Å². The number of aromatic nitrogens is 2. The van der Waals surface area contributed by atoms with Gasteiger partial charge in [-0.05, 0) is 13.0 Å². The highest BCUT2D eigenvalue weighted by atomic mass is 16.5. The summed E-state index contributed by atoms with van der Waals surface area (Å²) in [6.45, 7) is 5.61. The first-order valence-corrected chi connectivity index (χ1v) is 7.49. The molecule has 1 aromatic heterocycles. The molecule has 2 N–H and O–H groups in total. The molecule has 22 heavy (non-hydrogen) atoms. The van der Waals surface area contributed by atoms with Gasteiger partial charge in [0.2, 0.25) is 5.89 Å². The number of carboxylic acids is 1. The minimum absolute atomic E-state index is 0.0886. The quantitative estimate of drug-likeness (QED) is 0.715. The van der Waals surface area contributed by atoms with Gasteiger partial charge in [0.15, 0.2) is 5.82 Å². The third-order valence-electron chi connectivity index (χ3n) is 3.75. The summed E-state index contributed by atoms with van der Waals surface area (Å²) in [6.07, 6.45) is 0.193. The molecule has 0 bridgehead atoms. The topological polar surface area (TPSA) is 103 Å². The third-order valence-corrected chi connectivity index (χ3v) is 3.75. The summed E-state index contributed by atoms with van der Waals surface area (Å²) in [4.78, 5) is 18.8. The largest absolute Gasteiger partial charge is 0.480 e. The van der Waals surface area contributed by atoms with Gasteiger partial charge in [-0.1, -0.05) is 19.0 Å². The molecule has 0 aliphatic carbocycles. The van der Waals surface area contributed by atoms with Crippen LogP contribution in [0.2, 0.25) is 0 Å². The summed E-state index contributed by atoms with van der Waals surface area (Å²) in [5.41, 5.74) is 0. The monoisotopic (exact) mass is 312 g/mol. The molecule has 2 rings (SSSR count). The maximum absolute atomic E-state index is 10.8. The zero-order valence-corrected chi connectivity index (χ0v) is 13.3. The summed E-state index contributed by atoms with van der Waals surface area (Å²) in [6, 6.07) is -0.200. The zero-order valence-electron chi connectivity index (χ0n) is 13.3. The van der Waals surface area contributed by atoms with Crippen LogP contribution in [0.15, 0.2) is 4.52 Å². The van der Waals surface area contributed by atoms with Crippen molar-refractivity contribution in [3.8, 4) is 0 Å². The van der Waals surface area contributed by atoms with E-state index in [4.69, 9.17) is 9.63 Å². The number of nitrogens with zero attached hydrogens (tertiary/aromatic N) is 4. The lowest BCUT2D eigenvalue weighted by Gasteiger charge is -2.24. The van der Waals surface area contributed by atoms with E-state index < -0.39 is 12.1 Å². The molecule has 1 saturated heterocycles. The fraction of sp³-hybridized carbons (Fsp3) is 0.786. The summed E-state index contributed by atoms with van der Waals surface area (Å²) in [5.74, 6) is 0.796. The van der Waals surface area contributed by atoms with Gasteiger partial charge in [0.05, 0.1) is 19.2 Å². The molecule has 8 nitrogen and oxygen atoms in total. The Morgan fingerprint density at radius 2 is 2.23 bits per heavy atom. The molecule has 2 atom stereocenters. The van der Waals surface area contributed by atoms with Gasteiger partial charge in [0.25, 0.3) is 0 Å². The predicted molar refractivity (Wildman–Crippen MR) is 78.2 cm³/mol. The Morgan fingerprint density at radius 1 is 1.50 bits per heavy atom. The highest BCUT2D eigenvalue weighted by Crippen LogP contribution is 2.17. The Kier molecular flexibility index (Phi) is 5.49. The summed E-state index contributed by atoms with van der Waals surface area (Å²) in [5, 5.41) is 22.9. The van der Waals surface area contributed by atoms with Gasteiger partial charge in [0, 0.05) is 25.6 Å². The fourth-order valence-electron chi connectivity index (χ4n) is 2.73. The number of hydrogen-bond donors (Lipinski definition) is 2. The van der Waals surface area contributed by atoms with Crippen LogP contribution < -0.4 is 0 Å². The normalized spacial score (nSPS) is 22.8. The molecular formula is C14H24N4O4. The number of carbonyl (C=O) groups is 1. The number of β-amino-alcohol motifs (C(OH)–C–C–N with tert-alkyl or cyclic N) is 1. The van der Waals surface area contributed by atoms with E-state index in [1.165, 1.54) is 0 Å². The van der Waals surface area contributed by atoms with Crippen molar-refractivity contribution in [3.63, 3.8) is 0 Å². The lowest BCUT2D eigenvalue weighted by Crippen LogP contribution is -2.43. The van der Waals surface area contributed by atoms with E-state index in [2.05, 4.69) is 24.0 Å². The second-order valence-corrected chi connectivity index (χ2v) is 6.34. The maximum Gasteiger partial charge on any atom is 0.317 e. The van der Waals surface area contributed by atoms with Gasteiger partial charge in [-0.25, -0.2) is 0 Å². The highest BCUT2D eigenvalue weighted by Gasteiger charge is 2.35. The van der Waals surface area contributed by atoms with Crippen molar-refractivity contribution in [1.82, 2.24) is 19.9 Å². The number of likely N-dealkylation sites (tertiary alicyclic amines) is 1. The Labute approximate surface area is 129 Å².